The molecule has 8 nitrogen and oxygen atoms in total. The Hall–Kier alpha value is -2.64. The second-order valence-electron chi connectivity index (χ2n) is 6.89. The zero-order chi connectivity index (χ0) is 19.4. The fourth-order valence-corrected chi connectivity index (χ4v) is 3.24. The minimum absolute atomic E-state index is 0.0130. The van der Waals surface area contributed by atoms with E-state index in [1.807, 2.05) is 0 Å². The van der Waals surface area contributed by atoms with Crippen molar-refractivity contribution in [3.05, 3.63) is 12.1 Å². The fraction of sp³-hybridized carbons (Fsp3) is 0.579. The number of hydrogen-bond donors (Lipinski definition) is 2. The Balaban J connectivity index is 1.58. The number of anilines is 1. The number of carbonyl (C=O) groups is 2. The molecule has 1 aromatic rings. The Labute approximate surface area is 159 Å². The lowest BCUT2D eigenvalue weighted by atomic mass is 9.96. The van der Waals surface area contributed by atoms with E-state index in [0.717, 1.165) is 12.8 Å². The van der Waals surface area contributed by atoms with Crippen LogP contribution >= 0.6 is 0 Å². The summed E-state index contributed by atoms with van der Waals surface area (Å²) in [6.45, 7) is 1.18. The topological polar surface area (TPSA) is 89.1 Å². The highest BCUT2D eigenvalue weighted by atomic mass is 16.5. The van der Waals surface area contributed by atoms with E-state index in [1.165, 1.54) is 21.3 Å². The number of ether oxygens (including phenoxy) is 3. The van der Waals surface area contributed by atoms with Crippen LogP contribution in [0.2, 0.25) is 0 Å². The minimum Gasteiger partial charge on any atom is -0.493 e. The van der Waals surface area contributed by atoms with Gasteiger partial charge >= 0.3 is 6.03 Å². The summed E-state index contributed by atoms with van der Waals surface area (Å²) >= 11 is 0. The van der Waals surface area contributed by atoms with E-state index >= 15 is 0 Å². The number of methoxy groups -OCH3 is 3. The molecule has 1 saturated carbocycles. The molecule has 1 aliphatic heterocycles. The van der Waals surface area contributed by atoms with Gasteiger partial charge in [-0.05, 0) is 25.7 Å². The van der Waals surface area contributed by atoms with Crippen LogP contribution in [-0.2, 0) is 4.79 Å². The maximum atomic E-state index is 12.6. The molecule has 3 rings (SSSR count). The third-order valence-electron chi connectivity index (χ3n) is 4.99. The molecular formula is C19H27N3O5. The van der Waals surface area contributed by atoms with Crippen LogP contribution in [0.4, 0.5) is 10.5 Å². The maximum Gasteiger partial charge on any atom is 0.317 e. The molecule has 2 N–H and O–H groups in total. The molecule has 1 saturated heterocycles. The molecule has 0 aromatic heterocycles. The van der Waals surface area contributed by atoms with Crippen molar-refractivity contribution in [2.24, 2.45) is 5.92 Å². The first-order valence-corrected chi connectivity index (χ1v) is 9.22. The molecule has 2 fully saturated rings. The average molecular weight is 377 g/mol. The Morgan fingerprint density at radius 2 is 1.56 bits per heavy atom. The highest BCUT2D eigenvalue weighted by Crippen LogP contribution is 2.40. The zero-order valence-corrected chi connectivity index (χ0v) is 16.0. The summed E-state index contributed by atoms with van der Waals surface area (Å²) < 4.78 is 15.9. The number of urea groups is 1. The second kappa shape index (κ2) is 8.37. The number of nitrogens with one attached hydrogen (secondary N) is 2. The lowest BCUT2D eigenvalue weighted by Gasteiger charge is -2.31. The van der Waals surface area contributed by atoms with Crippen molar-refractivity contribution >= 4 is 17.6 Å². The second-order valence-corrected chi connectivity index (χ2v) is 6.89. The number of benzene rings is 1. The van der Waals surface area contributed by atoms with E-state index in [4.69, 9.17) is 14.2 Å². The predicted molar refractivity (Wildman–Crippen MR) is 101 cm³/mol. The minimum atomic E-state index is -0.130. The molecule has 27 heavy (non-hydrogen) atoms. The molecule has 0 bridgehead atoms. The molecule has 3 amide bonds. The van der Waals surface area contributed by atoms with Gasteiger partial charge in [0.05, 0.1) is 21.3 Å². The van der Waals surface area contributed by atoms with Crippen molar-refractivity contribution in [2.45, 2.75) is 31.7 Å². The van der Waals surface area contributed by atoms with Gasteiger partial charge in [-0.25, -0.2) is 4.79 Å². The molecule has 0 radical (unpaired) electrons. The zero-order valence-electron chi connectivity index (χ0n) is 16.0. The standard InChI is InChI=1S/C19H27N3O5/c1-25-15-10-14(11-16(26-2)17(15)27-3)20-18(23)12-6-8-22(9-7-12)19(24)21-13-4-5-13/h10-13H,4-9H2,1-3H3,(H,20,23)(H,21,24). The Morgan fingerprint density at radius 1 is 0.963 bits per heavy atom. The Bertz CT molecular complexity index is 672. The van der Waals surface area contributed by atoms with Crippen LogP contribution in [0.3, 0.4) is 0 Å². The van der Waals surface area contributed by atoms with Gasteiger partial charge in [0.1, 0.15) is 0 Å². The van der Waals surface area contributed by atoms with Crippen molar-refractivity contribution < 1.29 is 23.8 Å². The van der Waals surface area contributed by atoms with Crippen LogP contribution in [-0.4, -0.2) is 57.3 Å². The van der Waals surface area contributed by atoms with Gasteiger partial charge in [-0.2, -0.15) is 0 Å². The van der Waals surface area contributed by atoms with Crippen molar-refractivity contribution in [3.8, 4) is 17.2 Å². The summed E-state index contributed by atoms with van der Waals surface area (Å²) in [5, 5.41) is 5.92. The molecule has 148 valence electrons. The molecule has 2 aliphatic rings. The maximum absolute atomic E-state index is 12.6. The number of amides is 3. The molecule has 0 spiro atoms. The molecule has 0 unspecified atom stereocenters. The number of piperidine rings is 1. The van der Waals surface area contributed by atoms with Crippen molar-refractivity contribution in [1.82, 2.24) is 10.2 Å². The van der Waals surface area contributed by atoms with Gasteiger partial charge in [0.15, 0.2) is 11.5 Å². The first-order chi connectivity index (χ1) is 13.0. The van der Waals surface area contributed by atoms with Gasteiger partial charge in [-0.3, -0.25) is 4.79 Å². The lowest BCUT2D eigenvalue weighted by molar-refractivity contribution is -0.121. The van der Waals surface area contributed by atoms with Gasteiger partial charge in [0, 0.05) is 42.9 Å². The highest BCUT2D eigenvalue weighted by molar-refractivity contribution is 5.93. The summed E-state index contributed by atoms with van der Waals surface area (Å²) in [6.07, 6.45) is 3.43. The third kappa shape index (κ3) is 4.56. The number of rotatable bonds is 6. The Morgan fingerprint density at radius 3 is 2.04 bits per heavy atom. The molecular weight excluding hydrogens is 350 g/mol. The van der Waals surface area contributed by atoms with Crippen LogP contribution in [0.25, 0.3) is 0 Å². The van der Waals surface area contributed by atoms with Crippen molar-refractivity contribution in [1.29, 1.82) is 0 Å². The number of nitrogens with zero attached hydrogens (tertiary/aromatic N) is 1. The quantitative estimate of drug-likeness (QED) is 0.794. The summed E-state index contributed by atoms with van der Waals surface area (Å²) in [6, 6.07) is 3.74. The normalized spacial score (nSPS) is 17.2. The summed E-state index contributed by atoms with van der Waals surface area (Å²) in [5.41, 5.74) is 0.586. The van der Waals surface area contributed by atoms with Crippen LogP contribution in [0, 0.1) is 5.92 Å². The summed E-state index contributed by atoms with van der Waals surface area (Å²) in [4.78, 5) is 26.5. The van der Waals surface area contributed by atoms with E-state index in [0.29, 0.717) is 54.9 Å². The van der Waals surface area contributed by atoms with E-state index in [1.54, 1.807) is 17.0 Å². The first-order valence-electron chi connectivity index (χ1n) is 9.22. The van der Waals surface area contributed by atoms with Crippen LogP contribution in [0.1, 0.15) is 25.7 Å². The molecule has 1 heterocycles. The van der Waals surface area contributed by atoms with E-state index in [2.05, 4.69) is 10.6 Å². The van der Waals surface area contributed by atoms with Crippen LogP contribution in [0.5, 0.6) is 17.2 Å². The van der Waals surface area contributed by atoms with Crippen LogP contribution < -0.4 is 24.8 Å². The summed E-state index contributed by atoms with van der Waals surface area (Å²) in [7, 11) is 4.60. The van der Waals surface area contributed by atoms with Crippen molar-refractivity contribution in [2.75, 3.05) is 39.7 Å². The van der Waals surface area contributed by atoms with Crippen molar-refractivity contribution in [3.63, 3.8) is 0 Å². The molecule has 0 atom stereocenters. The predicted octanol–water partition coefficient (Wildman–Crippen LogP) is 2.23. The summed E-state index contributed by atoms with van der Waals surface area (Å²) in [5.74, 6) is 1.26. The molecule has 8 heteroatoms. The van der Waals surface area contributed by atoms with Gasteiger partial charge in [-0.1, -0.05) is 0 Å². The number of hydrogen-bond acceptors (Lipinski definition) is 5. The van der Waals surface area contributed by atoms with E-state index < -0.39 is 0 Å². The third-order valence-corrected chi connectivity index (χ3v) is 4.99. The van der Waals surface area contributed by atoms with Gasteiger partial charge in [0.2, 0.25) is 11.7 Å². The smallest absolute Gasteiger partial charge is 0.317 e. The highest BCUT2D eigenvalue weighted by Gasteiger charge is 2.30. The molecule has 1 aromatic carbocycles. The Kier molecular flexibility index (Phi) is 5.93. The molecule has 1 aliphatic carbocycles. The monoisotopic (exact) mass is 377 g/mol. The van der Waals surface area contributed by atoms with Crippen LogP contribution in [0.15, 0.2) is 12.1 Å². The van der Waals surface area contributed by atoms with Gasteiger partial charge in [-0.15, -0.1) is 0 Å². The van der Waals surface area contributed by atoms with Gasteiger partial charge in [0.25, 0.3) is 0 Å². The number of carbonyl (C=O) groups excluding carboxylic acids is 2. The lowest BCUT2D eigenvalue weighted by Crippen LogP contribution is -2.46. The van der Waals surface area contributed by atoms with Gasteiger partial charge < -0.3 is 29.7 Å². The SMILES string of the molecule is COc1cc(NC(=O)C2CCN(C(=O)NC3CC3)CC2)cc(OC)c1OC. The largest absolute Gasteiger partial charge is 0.493 e. The average Bonchev–Trinajstić information content (AvgIpc) is 3.51. The van der Waals surface area contributed by atoms with E-state index in [9.17, 15) is 9.59 Å². The van der Waals surface area contributed by atoms with E-state index in [-0.39, 0.29) is 17.9 Å². The fourth-order valence-electron chi connectivity index (χ4n) is 3.24. The first kappa shape index (κ1) is 19.1. The number of likely N-dealkylation sites (tertiary alicyclic amines) is 1.